The fraction of sp³-hybridized carbons (Fsp3) is 0.0667. The molecule has 19 heavy (non-hydrogen) atoms. The molecule has 0 bridgehead atoms. The number of hydrogen-bond donors (Lipinski definition) is 2. The zero-order valence-electron chi connectivity index (χ0n) is 10.5. The van der Waals surface area contributed by atoms with Gasteiger partial charge < -0.3 is 10.7 Å². The van der Waals surface area contributed by atoms with Gasteiger partial charge in [0.15, 0.2) is 5.78 Å². The summed E-state index contributed by atoms with van der Waals surface area (Å²) in [5.41, 5.74) is 9.48. The lowest BCUT2D eigenvalue weighted by Crippen LogP contribution is -2.02. The summed E-state index contributed by atoms with van der Waals surface area (Å²) in [5.74, 6) is -0.0466. The second-order valence-corrected chi connectivity index (χ2v) is 4.59. The minimum atomic E-state index is -0.0466. The molecule has 0 spiro atoms. The van der Waals surface area contributed by atoms with Crippen LogP contribution in [0.5, 0.6) is 0 Å². The molecule has 3 aromatic rings. The van der Waals surface area contributed by atoms with E-state index in [1.807, 2.05) is 25.1 Å². The standard InChI is InChI=1S/C15H13N3O/c1-9-4-10(6-11(16)5-9)15(19)13-8-18-14-2-3-17-7-12(13)14/h2-8,18H,16H2,1H3. The molecule has 2 heterocycles. The van der Waals surface area contributed by atoms with E-state index in [1.165, 1.54) is 0 Å². The molecule has 0 aliphatic rings. The summed E-state index contributed by atoms with van der Waals surface area (Å²) in [7, 11) is 0. The molecule has 3 N–H and O–H groups in total. The third-order valence-electron chi connectivity index (χ3n) is 3.09. The summed E-state index contributed by atoms with van der Waals surface area (Å²) in [6.45, 7) is 1.92. The van der Waals surface area contributed by atoms with E-state index in [0.717, 1.165) is 16.5 Å². The third kappa shape index (κ3) is 1.97. The number of nitrogens with two attached hydrogens (primary N) is 1. The molecule has 1 aromatic carbocycles. The molecule has 4 nitrogen and oxygen atoms in total. The van der Waals surface area contributed by atoms with Crippen LogP contribution in [0.1, 0.15) is 21.5 Å². The van der Waals surface area contributed by atoms with Crippen LogP contribution in [-0.4, -0.2) is 15.8 Å². The second-order valence-electron chi connectivity index (χ2n) is 4.59. The number of fused-ring (bicyclic) bond motifs is 1. The monoisotopic (exact) mass is 251 g/mol. The van der Waals surface area contributed by atoms with Crippen LogP contribution in [0, 0.1) is 6.92 Å². The van der Waals surface area contributed by atoms with Gasteiger partial charge in [0.05, 0.1) is 0 Å². The quantitative estimate of drug-likeness (QED) is 0.543. The minimum Gasteiger partial charge on any atom is -0.399 e. The Morgan fingerprint density at radius 3 is 2.95 bits per heavy atom. The lowest BCUT2D eigenvalue weighted by molar-refractivity contribution is 0.104. The molecular weight excluding hydrogens is 238 g/mol. The topological polar surface area (TPSA) is 71.8 Å². The van der Waals surface area contributed by atoms with E-state index in [4.69, 9.17) is 5.73 Å². The number of carbonyl (C=O) groups is 1. The van der Waals surface area contributed by atoms with Crippen LogP contribution in [0.2, 0.25) is 0 Å². The third-order valence-corrected chi connectivity index (χ3v) is 3.09. The normalized spacial score (nSPS) is 10.8. The van der Waals surface area contributed by atoms with Crippen molar-refractivity contribution < 1.29 is 4.79 Å². The number of nitrogens with one attached hydrogen (secondary N) is 1. The van der Waals surface area contributed by atoms with Gasteiger partial charge in [-0.2, -0.15) is 0 Å². The number of rotatable bonds is 2. The van der Waals surface area contributed by atoms with Gasteiger partial charge in [-0.1, -0.05) is 0 Å². The molecule has 0 atom stereocenters. The van der Waals surface area contributed by atoms with E-state index < -0.39 is 0 Å². The van der Waals surface area contributed by atoms with Gasteiger partial charge in [0.1, 0.15) is 0 Å². The number of anilines is 1. The predicted molar refractivity (Wildman–Crippen MR) is 75.1 cm³/mol. The highest BCUT2D eigenvalue weighted by Gasteiger charge is 2.14. The Balaban J connectivity index is 2.13. The highest BCUT2D eigenvalue weighted by atomic mass is 16.1. The number of carbonyl (C=O) groups excluding carboxylic acids is 1. The predicted octanol–water partition coefficient (Wildman–Crippen LogP) is 2.68. The number of aromatic nitrogens is 2. The summed E-state index contributed by atoms with van der Waals surface area (Å²) in [6.07, 6.45) is 5.10. The molecule has 0 amide bonds. The van der Waals surface area contributed by atoms with Crippen molar-refractivity contribution >= 4 is 22.4 Å². The second kappa shape index (κ2) is 4.24. The van der Waals surface area contributed by atoms with Crippen molar-refractivity contribution in [2.45, 2.75) is 6.92 Å². The van der Waals surface area contributed by atoms with Crippen LogP contribution in [0.15, 0.2) is 42.9 Å². The van der Waals surface area contributed by atoms with Gasteiger partial charge in [0.25, 0.3) is 0 Å². The maximum atomic E-state index is 12.5. The van der Waals surface area contributed by atoms with Crippen LogP contribution < -0.4 is 5.73 Å². The Labute approximate surface area is 110 Å². The molecule has 0 radical (unpaired) electrons. The van der Waals surface area contributed by atoms with E-state index in [9.17, 15) is 4.79 Å². The fourth-order valence-corrected chi connectivity index (χ4v) is 2.25. The molecule has 4 heteroatoms. The van der Waals surface area contributed by atoms with E-state index in [2.05, 4.69) is 9.97 Å². The molecule has 3 rings (SSSR count). The zero-order valence-corrected chi connectivity index (χ0v) is 10.5. The summed E-state index contributed by atoms with van der Waals surface area (Å²) in [5, 5.41) is 0.826. The highest BCUT2D eigenvalue weighted by Crippen LogP contribution is 2.21. The molecular formula is C15H13N3O. The highest BCUT2D eigenvalue weighted by molar-refractivity contribution is 6.16. The summed E-state index contributed by atoms with van der Waals surface area (Å²) in [6, 6.07) is 7.22. The van der Waals surface area contributed by atoms with Gasteiger partial charge in [-0.3, -0.25) is 9.78 Å². The molecule has 2 aromatic heterocycles. The van der Waals surface area contributed by atoms with Crippen molar-refractivity contribution in [3.63, 3.8) is 0 Å². The van der Waals surface area contributed by atoms with Gasteiger partial charge in [-0.25, -0.2) is 0 Å². The first-order valence-corrected chi connectivity index (χ1v) is 5.98. The number of nitrogens with zero attached hydrogens (tertiary/aromatic N) is 1. The van der Waals surface area contributed by atoms with Gasteiger partial charge in [0.2, 0.25) is 0 Å². The smallest absolute Gasteiger partial charge is 0.195 e. The van der Waals surface area contributed by atoms with Crippen LogP contribution in [-0.2, 0) is 0 Å². The minimum absolute atomic E-state index is 0.0466. The van der Waals surface area contributed by atoms with Gasteiger partial charge >= 0.3 is 0 Å². The lowest BCUT2D eigenvalue weighted by atomic mass is 10.0. The molecule has 0 saturated carbocycles. The SMILES string of the molecule is Cc1cc(N)cc(C(=O)c2c[nH]c3ccncc23)c1. The fourth-order valence-electron chi connectivity index (χ4n) is 2.25. The molecule has 0 aliphatic carbocycles. The number of nitrogen functional groups attached to an aromatic ring is 1. The average Bonchev–Trinajstić information content (AvgIpc) is 2.80. The molecule has 0 aliphatic heterocycles. The molecule has 0 unspecified atom stereocenters. The van der Waals surface area contributed by atoms with E-state index in [-0.39, 0.29) is 5.78 Å². The van der Waals surface area contributed by atoms with Crippen LogP contribution in [0.3, 0.4) is 0 Å². The number of pyridine rings is 1. The van der Waals surface area contributed by atoms with E-state index in [1.54, 1.807) is 24.7 Å². The number of aromatic amines is 1. The van der Waals surface area contributed by atoms with Crippen LogP contribution >= 0.6 is 0 Å². The lowest BCUT2D eigenvalue weighted by Gasteiger charge is -2.03. The van der Waals surface area contributed by atoms with Crippen molar-refractivity contribution in [3.8, 4) is 0 Å². The number of benzene rings is 1. The largest absolute Gasteiger partial charge is 0.399 e. The first-order chi connectivity index (χ1) is 9.15. The van der Waals surface area contributed by atoms with Crippen molar-refractivity contribution in [1.82, 2.24) is 9.97 Å². The number of aryl methyl sites for hydroxylation is 1. The summed E-state index contributed by atoms with van der Waals surface area (Å²) >= 11 is 0. The van der Waals surface area contributed by atoms with E-state index >= 15 is 0 Å². The van der Waals surface area contributed by atoms with Gasteiger partial charge in [-0.05, 0) is 36.8 Å². The molecule has 0 fully saturated rings. The Morgan fingerprint density at radius 1 is 1.32 bits per heavy atom. The summed E-state index contributed by atoms with van der Waals surface area (Å²) in [4.78, 5) is 19.7. The maximum absolute atomic E-state index is 12.5. The Bertz CT molecular complexity index is 754. The van der Waals surface area contributed by atoms with Crippen molar-refractivity contribution in [2.75, 3.05) is 5.73 Å². The Hall–Kier alpha value is -2.62. The van der Waals surface area contributed by atoms with Crippen molar-refractivity contribution in [3.05, 3.63) is 59.5 Å². The zero-order chi connectivity index (χ0) is 13.4. The molecule has 0 saturated heterocycles. The average molecular weight is 251 g/mol. The van der Waals surface area contributed by atoms with Crippen molar-refractivity contribution in [2.24, 2.45) is 0 Å². The maximum Gasteiger partial charge on any atom is 0.195 e. The Morgan fingerprint density at radius 2 is 2.16 bits per heavy atom. The summed E-state index contributed by atoms with van der Waals surface area (Å²) < 4.78 is 0. The van der Waals surface area contributed by atoms with E-state index in [0.29, 0.717) is 16.8 Å². The number of ketones is 1. The van der Waals surface area contributed by atoms with Gasteiger partial charge in [-0.15, -0.1) is 0 Å². The first kappa shape index (κ1) is 11.5. The van der Waals surface area contributed by atoms with Gasteiger partial charge in [0, 0.05) is 46.3 Å². The number of H-pyrrole nitrogens is 1. The first-order valence-electron chi connectivity index (χ1n) is 5.98. The van der Waals surface area contributed by atoms with Crippen LogP contribution in [0.4, 0.5) is 5.69 Å². The number of hydrogen-bond acceptors (Lipinski definition) is 3. The molecule has 94 valence electrons. The van der Waals surface area contributed by atoms with Crippen LogP contribution in [0.25, 0.3) is 10.9 Å². The Kier molecular flexibility index (Phi) is 2.56. The van der Waals surface area contributed by atoms with Crippen molar-refractivity contribution in [1.29, 1.82) is 0 Å².